The molecule has 0 unspecified atom stereocenters. The van der Waals surface area contributed by atoms with E-state index in [0.717, 1.165) is 39.7 Å². The Labute approximate surface area is 201 Å². The Morgan fingerprint density at radius 2 is 1.86 bits per heavy atom. The van der Waals surface area contributed by atoms with Gasteiger partial charge in [0.1, 0.15) is 11.8 Å². The molecule has 0 radical (unpaired) electrons. The molecule has 1 amide bonds. The molecule has 2 aromatic carbocycles. The number of carboxylic acid groups (broad SMARTS) is 1. The van der Waals surface area contributed by atoms with Crippen LogP contribution in [0.3, 0.4) is 0 Å². The minimum atomic E-state index is -0.989. The van der Waals surface area contributed by atoms with E-state index in [2.05, 4.69) is 16.0 Å². The van der Waals surface area contributed by atoms with E-state index in [0.29, 0.717) is 37.1 Å². The molecule has 1 aliphatic heterocycles. The number of nitrogens with zero attached hydrogens (tertiary/aromatic N) is 3. The lowest BCUT2D eigenvalue weighted by Gasteiger charge is -2.34. The molecule has 6 rings (SSSR count). The average Bonchev–Trinajstić information content (AvgIpc) is 3.50. The van der Waals surface area contributed by atoms with Gasteiger partial charge in [-0.1, -0.05) is 30.3 Å². The third-order valence-corrected chi connectivity index (χ3v) is 7.00. The molecule has 7 heteroatoms. The van der Waals surface area contributed by atoms with Crippen LogP contribution in [0.15, 0.2) is 77.2 Å². The number of amides is 1. The maximum Gasteiger partial charge on any atom is 0.326 e. The van der Waals surface area contributed by atoms with E-state index in [9.17, 15) is 14.7 Å². The van der Waals surface area contributed by atoms with Crippen molar-refractivity contribution in [1.82, 2.24) is 14.9 Å². The molecular formula is C28H23N3O4. The zero-order valence-electron chi connectivity index (χ0n) is 19.0. The molecule has 174 valence electrons. The molecule has 1 aliphatic carbocycles. The highest BCUT2D eigenvalue weighted by molar-refractivity contribution is 5.99. The molecule has 0 saturated heterocycles. The molecule has 0 spiro atoms. The number of fused-ring (bicyclic) bond motifs is 3. The normalized spacial score (nSPS) is 16.9. The quantitative estimate of drug-likeness (QED) is 0.472. The minimum Gasteiger partial charge on any atom is -0.480 e. The van der Waals surface area contributed by atoms with Crippen LogP contribution in [-0.4, -0.2) is 44.4 Å². The van der Waals surface area contributed by atoms with Crippen LogP contribution in [0.25, 0.3) is 16.6 Å². The topological polar surface area (TPSA) is 96.5 Å². The maximum absolute atomic E-state index is 13.6. The molecule has 7 nitrogen and oxygen atoms in total. The lowest BCUT2D eigenvalue weighted by atomic mass is 9.92. The zero-order chi connectivity index (χ0) is 23.9. The van der Waals surface area contributed by atoms with E-state index in [1.54, 1.807) is 18.5 Å². The summed E-state index contributed by atoms with van der Waals surface area (Å²) in [6.45, 7) is 0.313. The van der Waals surface area contributed by atoms with Crippen molar-refractivity contribution in [1.29, 1.82) is 0 Å². The Morgan fingerprint density at radius 1 is 1.03 bits per heavy atom. The van der Waals surface area contributed by atoms with Crippen LogP contribution in [0.5, 0.6) is 0 Å². The molecule has 3 heterocycles. The van der Waals surface area contributed by atoms with E-state index < -0.39 is 12.0 Å². The van der Waals surface area contributed by atoms with Crippen LogP contribution in [0, 0.1) is 0 Å². The number of carboxylic acids is 1. The number of hydrogen-bond donors (Lipinski definition) is 1. The smallest absolute Gasteiger partial charge is 0.326 e. The Bertz CT molecular complexity index is 1500. The molecule has 0 saturated carbocycles. The van der Waals surface area contributed by atoms with E-state index in [1.807, 2.05) is 36.4 Å². The molecule has 0 fully saturated rings. The van der Waals surface area contributed by atoms with Crippen molar-refractivity contribution in [3.05, 3.63) is 101 Å². The number of carbonyl (C=O) groups is 2. The van der Waals surface area contributed by atoms with E-state index in [4.69, 9.17) is 4.42 Å². The summed E-state index contributed by atoms with van der Waals surface area (Å²) in [5.74, 6) is -0.725. The number of carbonyl (C=O) groups excluding carboxylic acids is 1. The van der Waals surface area contributed by atoms with Crippen LogP contribution < -0.4 is 0 Å². The number of rotatable bonds is 5. The monoisotopic (exact) mass is 465 g/mol. The Hall–Kier alpha value is -4.26. The highest BCUT2D eigenvalue weighted by Gasteiger charge is 2.39. The van der Waals surface area contributed by atoms with Crippen molar-refractivity contribution in [3.63, 3.8) is 0 Å². The number of aryl methyl sites for hydroxylation is 2. The van der Waals surface area contributed by atoms with Gasteiger partial charge in [0, 0.05) is 31.8 Å². The van der Waals surface area contributed by atoms with E-state index >= 15 is 0 Å². The van der Waals surface area contributed by atoms with Crippen molar-refractivity contribution < 1.29 is 19.1 Å². The number of furan rings is 1. The van der Waals surface area contributed by atoms with Gasteiger partial charge in [-0.25, -0.2) is 4.79 Å². The van der Waals surface area contributed by atoms with Gasteiger partial charge in [-0.05, 0) is 58.9 Å². The van der Waals surface area contributed by atoms with Gasteiger partial charge in [0.05, 0.1) is 22.9 Å². The summed E-state index contributed by atoms with van der Waals surface area (Å²) in [6.07, 6.45) is 7.08. The fraction of sp³-hybridized carbons (Fsp3) is 0.214. The van der Waals surface area contributed by atoms with Gasteiger partial charge < -0.3 is 14.4 Å². The summed E-state index contributed by atoms with van der Waals surface area (Å²) in [6, 6.07) is 14.7. The zero-order valence-corrected chi connectivity index (χ0v) is 19.0. The van der Waals surface area contributed by atoms with Gasteiger partial charge >= 0.3 is 5.97 Å². The Morgan fingerprint density at radius 3 is 2.71 bits per heavy atom. The summed E-state index contributed by atoms with van der Waals surface area (Å²) in [4.78, 5) is 35.9. The standard InChI is InChI=1S/C28H23N3O4/c32-27(31-16-19-14-18-3-1-2-4-20(18)22(19)15-25(31)28(33)34)21-9-12-35-26(21)8-6-17-5-7-23-24(13-17)30-11-10-29-23/h1-5,7,9-13,25H,6,8,14-16H2,(H,33,34)/t25-/m1/s1. The minimum absolute atomic E-state index is 0.298. The van der Waals surface area contributed by atoms with Gasteiger partial charge in [-0.15, -0.1) is 0 Å². The first kappa shape index (κ1) is 21.3. The largest absolute Gasteiger partial charge is 0.480 e. The number of aromatic nitrogens is 2. The predicted molar refractivity (Wildman–Crippen MR) is 130 cm³/mol. The fourth-order valence-corrected chi connectivity index (χ4v) is 5.26. The van der Waals surface area contributed by atoms with Crippen LogP contribution in [0.4, 0.5) is 0 Å². The van der Waals surface area contributed by atoms with Crippen LogP contribution in [0.1, 0.15) is 39.2 Å². The summed E-state index contributed by atoms with van der Waals surface area (Å²) >= 11 is 0. The lowest BCUT2D eigenvalue weighted by Crippen LogP contribution is -2.48. The summed E-state index contributed by atoms with van der Waals surface area (Å²) in [5.41, 5.74) is 7.65. The summed E-state index contributed by atoms with van der Waals surface area (Å²) in [5, 5.41) is 9.98. The van der Waals surface area contributed by atoms with E-state index in [-0.39, 0.29) is 5.91 Å². The van der Waals surface area contributed by atoms with Gasteiger partial charge in [-0.2, -0.15) is 0 Å². The number of aliphatic carboxylic acids is 1. The second kappa shape index (κ2) is 8.51. The highest BCUT2D eigenvalue weighted by atomic mass is 16.4. The molecular weight excluding hydrogens is 442 g/mol. The molecule has 2 aromatic heterocycles. The van der Waals surface area contributed by atoms with Crippen molar-refractivity contribution in [2.75, 3.05) is 6.54 Å². The van der Waals surface area contributed by atoms with Crippen molar-refractivity contribution in [2.45, 2.75) is 31.7 Å². The Kier molecular flexibility index (Phi) is 5.17. The van der Waals surface area contributed by atoms with Gasteiger partial charge in [0.25, 0.3) is 5.91 Å². The molecule has 0 bridgehead atoms. The molecule has 35 heavy (non-hydrogen) atoms. The Balaban J connectivity index is 1.23. The third-order valence-electron chi connectivity index (χ3n) is 7.00. The number of hydrogen-bond acceptors (Lipinski definition) is 5. The molecule has 1 N–H and O–H groups in total. The SMILES string of the molecule is O=C(O)[C@H]1CC2=C(Cc3ccccc32)CN1C(=O)c1ccoc1CCc1ccc2nccnc2c1. The second-order valence-corrected chi connectivity index (χ2v) is 9.04. The third kappa shape index (κ3) is 3.79. The first-order valence-corrected chi connectivity index (χ1v) is 11.7. The van der Waals surface area contributed by atoms with Crippen molar-refractivity contribution >= 4 is 28.5 Å². The molecule has 4 aromatic rings. The van der Waals surface area contributed by atoms with Gasteiger partial charge in [0.15, 0.2) is 0 Å². The van der Waals surface area contributed by atoms with Gasteiger partial charge in [0.2, 0.25) is 0 Å². The first-order valence-electron chi connectivity index (χ1n) is 11.7. The second-order valence-electron chi connectivity index (χ2n) is 9.04. The van der Waals surface area contributed by atoms with Crippen LogP contribution >= 0.6 is 0 Å². The number of benzene rings is 2. The van der Waals surface area contributed by atoms with E-state index in [1.165, 1.54) is 16.7 Å². The molecule has 2 aliphatic rings. The fourth-order valence-electron chi connectivity index (χ4n) is 5.26. The van der Waals surface area contributed by atoms with Crippen molar-refractivity contribution in [3.8, 4) is 0 Å². The van der Waals surface area contributed by atoms with Crippen molar-refractivity contribution in [2.24, 2.45) is 0 Å². The molecule has 1 atom stereocenters. The average molecular weight is 466 g/mol. The summed E-state index contributed by atoms with van der Waals surface area (Å²) in [7, 11) is 0. The summed E-state index contributed by atoms with van der Waals surface area (Å²) < 4.78 is 5.68. The first-order chi connectivity index (χ1) is 17.1. The maximum atomic E-state index is 13.6. The predicted octanol–water partition coefficient (Wildman–Crippen LogP) is 4.32. The van der Waals surface area contributed by atoms with Gasteiger partial charge in [-0.3, -0.25) is 14.8 Å². The van der Waals surface area contributed by atoms with Crippen LogP contribution in [-0.2, 0) is 24.1 Å². The highest BCUT2D eigenvalue weighted by Crippen LogP contribution is 2.40. The van der Waals surface area contributed by atoms with Crippen LogP contribution in [0.2, 0.25) is 0 Å². The lowest BCUT2D eigenvalue weighted by molar-refractivity contribution is -0.142.